The molecule has 0 unspecified atom stereocenters. The van der Waals surface area contributed by atoms with E-state index < -0.39 is 6.09 Å². The van der Waals surface area contributed by atoms with Gasteiger partial charge in [-0.2, -0.15) is 0 Å². The Balaban J connectivity index is 2.12. The number of fused-ring (bicyclic) bond motifs is 1. The molecule has 1 aromatic heterocycles. The van der Waals surface area contributed by atoms with Crippen molar-refractivity contribution in [2.45, 2.75) is 13.3 Å². The SMILES string of the molecule is Cc1csc2ccc(CCNC(=O)O)cc12. The van der Waals surface area contributed by atoms with Gasteiger partial charge < -0.3 is 10.4 Å². The molecule has 0 bridgehead atoms. The summed E-state index contributed by atoms with van der Waals surface area (Å²) in [6.07, 6.45) is -0.231. The molecule has 0 aliphatic carbocycles. The van der Waals surface area contributed by atoms with Gasteiger partial charge in [-0.25, -0.2) is 4.79 Å². The lowest BCUT2D eigenvalue weighted by atomic mass is 10.1. The first-order valence-electron chi connectivity index (χ1n) is 5.10. The highest BCUT2D eigenvalue weighted by molar-refractivity contribution is 7.17. The maximum atomic E-state index is 10.3. The molecule has 0 fully saturated rings. The van der Waals surface area contributed by atoms with Crippen LogP contribution in [-0.2, 0) is 6.42 Å². The van der Waals surface area contributed by atoms with Crippen molar-refractivity contribution >= 4 is 27.5 Å². The van der Waals surface area contributed by atoms with Gasteiger partial charge in [0.25, 0.3) is 0 Å². The number of amides is 1. The van der Waals surface area contributed by atoms with E-state index in [1.54, 1.807) is 11.3 Å². The first-order chi connectivity index (χ1) is 7.66. The van der Waals surface area contributed by atoms with E-state index in [1.807, 2.05) is 0 Å². The second-order valence-electron chi connectivity index (χ2n) is 3.73. The Hall–Kier alpha value is -1.55. The number of benzene rings is 1. The summed E-state index contributed by atoms with van der Waals surface area (Å²) in [7, 11) is 0. The van der Waals surface area contributed by atoms with Gasteiger partial charge in [-0.05, 0) is 47.4 Å². The first kappa shape index (κ1) is 11.0. The van der Waals surface area contributed by atoms with Crippen molar-refractivity contribution in [1.29, 1.82) is 0 Å². The lowest BCUT2D eigenvalue weighted by Crippen LogP contribution is -2.23. The zero-order valence-electron chi connectivity index (χ0n) is 8.99. The molecule has 0 saturated heterocycles. The van der Waals surface area contributed by atoms with Gasteiger partial charge >= 0.3 is 6.09 Å². The number of carbonyl (C=O) groups is 1. The number of hydrogen-bond acceptors (Lipinski definition) is 2. The van der Waals surface area contributed by atoms with Gasteiger partial charge in [0.1, 0.15) is 0 Å². The molecule has 4 heteroatoms. The van der Waals surface area contributed by atoms with E-state index in [2.05, 4.69) is 35.8 Å². The highest BCUT2D eigenvalue weighted by atomic mass is 32.1. The second-order valence-corrected chi connectivity index (χ2v) is 4.64. The molecule has 0 radical (unpaired) electrons. The van der Waals surface area contributed by atoms with E-state index in [1.165, 1.54) is 21.2 Å². The maximum absolute atomic E-state index is 10.3. The predicted molar refractivity (Wildman–Crippen MR) is 66.3 cm³/mol. The van der Waals surface area contributed by atoms with Crippen LogP contribution >= 0.6 is 11.3 Å². The normalized spacial score (nSPS) is 10.6. The van der Waals surface area contributed by atoms with Crippen LogP contribution in [0.3, 0.4) is 0 Å². The van der Waals surface area contributed by atoms with Crippen molar-refractivity contribution in [1.82, 2.24) is 5.32 Å². The molecular formula is C12H13NO2S. The number of carboxylic acid groups (broad SMARTS) is 1. The minimum atomic E-state index is -0.965. The average molecular weight is 235 g/mol. The molecule has 0 saturated carbocycles. The summed E-state index contributed by atoms with van der Waals surface area (Å²) in [6.45, 7) is 2.56. The topological polar surface area (TPSA) is 49.3 Å². The minimum Gasteiger partial charge on any atom is -0.465 e. The molecular weight excluding hydrogens is 222 g/mol. The molecule has 0 aliphatic rings. The Morgan fingerprint density at radius 2 is 2.31 bits per heavy atom. The highest BCUT2D eigenvalue weighted by Crippen LogP contribution is 2.26. The molecule has 84 valence electrons. The average Bonchev–Trinajstić information content (AvgIpc) is 2.60. The molecule has 0 spiro atoms. The van der Waals surface area contributed by atoms with Crippen LogP contribution in [0.2, 0.25) is 0 Å². The minimum absolute atomic E-state index is 0.462. The second kappa shape index (κ2) is 4.53. The summed E-state index contributed by atoms with van der Waals surface area (Å²) >= 11 is 1.74. The van der Waals surface area contributed by atoms with Gasteiger partial charge in [-0.15, -0.1) is 11.3 Å². The number of rotatable bonds is 3. The van der Waals surface area contributed by atoms with Crippen LogP contribution in [0.4, 0.5) is 4.79 Å². The van der Waals surface area contributed by atoms with Gasteiger partial charge in [-0.1, -0.05) is 6.07 Å². The fourth-order valence-corrected chi connectivity index (χ4v) is 2.60. The number of thiophene rings is 1. The third-order valence-electron chi connectivity index (χ3n) is 2.52. The molecule has 3 nitrogen and oxygen atoms in total. The van der Waals surface area contributed by atoms with Crippen LogP contribution in [0.1, 0.15) is 11.1 Å². The zero-order chi connectivity index (χ0) is 11.5. The zero-order valence-corrected chi connectivity index (χ0v) is 9.80. The Morgan fingerprint density at radius 1 is 1.50 bits per heavy atom. The smallest absolute Gasteiger partial charge is 0.404 e. The molecule has 2 N–H and O–H groups in total. The van der Waals surface area contributed by atoms with E-state index in [0.29, 0.717) is 6.54 Å². The van der Waals surface area contributed by atoms with Crippen molar-refractivity contribution in [2.24, 2.45) is 0 Å². The van der Waals surface area contributed by atoms with Crippen molar-refractivity contribution in [2.75, 3.05) is 6.54 Å². The Bertz CT molecular complexity index is 519. The molecule has 0 aliphatic heterocycles. The fraction of sp³-hybridized carbons (Fsp3) is 0.250. The number of aryl methyl sites for hydroxylation is 1. The van der Waals surface area contributed by atoms with E-state index in [-0.39, 0.29) is 0 Å². The molecule has 0 atom stereocenters. The van der Waals surface area contributed by atoms with Crippen molar-refractivity contribution in [3.63, 3.8) is 0 Å². The number of hydrogen-bond donors (Lipinski definition) is 2. The summed E-state index contributed by atoms with van der Waals surface area (Å²) in [6, 6.07) is 6.30. The predicted octanol–water partition coefficient (Wildman–Crippen LogP) is 3.02. The van der Waals surface area contributed by atoms with Crippen LogP contribution in [0.25, 0.3) is 10.1 Å². The standard InChI is InChI=1S/C12H13NO2S/c1-8-7-16-11-3-2-9(6-10(8)11)4-5-13-12(14)15/h2-3,6-7,13H,4-5H2,1H3,(H,14,15). The summed E-state index contributed by atoms with van der Waals surface area (Å²) in [4.78, 5) is 10.3. The molecule has 1 aromatic carbocycles. The summed E-state index contributed by atoms with van der Waals surface area (Å²) in [5.41, 5.74) is 2.45. The largest absolute Gasteiger partial charge is 0.465 e. The van der Waals surface area contributed by atoms with Gasteiger partial charge in [0, 0.05) is 11.2 Å². The Labute approximate surface area is 97.7 Å². The lowest BCUT2D eigenvalue weighted by molar-refractivity contribution is 0.194. The third-order valence-corrected chi connectivity index (χ3v) is 3.60. The Morgan fingerprint density at radius 3 is 3.06 bits per heavy atom. The summed E-state index contributed by atoms with van der Waals surface area (Å²) in [5.74, 6) is 0. The molecule has 1 amide bonds. The molecule has 1 heterocycles. The van der Waals surface area contributed by atoms with Crippen molar-refractivity contribution in [3.05, 3.63) is 34.7 Å². The highest BCUT2D eigenvalue weighted by Gasteiger charge is 2.02. The van der Waals surface area contributed by atoms with Crippen molar-refractivity contribution < 1.29 is 9.90 Å². The monoisotopic (exact) mass is 235 g/mol. The van der Waals surface area contributed by atoms with Crippen molar-refractivity contribution in [3.8, 4) is 0 Å². The lowest BCUT2D eigenvalue weighted by Gasteiger charge is -2.02. The fourth-order valence-electron chi connectivity index (χ4n) is 1.67. The van der Waals surface area contributed by atoms with E-state index >= 15 is 0 Å². The van der Waals surface area contributed by atoms with E-state index in [0.717, 1.165) is 6.42 Å². The van der Waals surface area contributed by atoms with Gasteiger partial charge in [0.05, 0.1) is 0 Å². The van der Waals surface area contributed by atoms with Gasteiger partial charge in [0.15, 0.2) is 0 Å². The van der Waals surface area contributed by atoms with Crippen LogP contribution in [0.15, 0.2) is 23.6 Å². The van der Waals surface area contributed by atoms with Crippen LogP contribution in [0.5, 0.6) is 0 Å². The van der Waals surface area contributed by atoms with Crippen LogP contribution in [-0.4, -0.2) is 17.7 Å². The van der Waals surface area contributed by atoms with Crippen LogP contribution < -0.4 is 5.32 Å². The third kappa shape index (κ3) is 2.33. The first-order valence-corrected chi connectivity index (χ1v) is 5.98. The van der Waals surface area contributed by atoms with E-state index in [4.69, 9.17) is 5.11 Å². The molecule has 2 rings (SSSR count). The maximum Gasteiger partial charge on any atom is 0.404 e. The molecule has 16 heavy (non-hydrogen) atoms. The van der Waals surface area contributed by atoms with Gasteiger partial charge in [-0.3, -0.25) is 0 Å². The molecule has 2 aromatic rings. The van der Waals surface area contributed by atoms with E-state index in [9.17, 15) is 4.79 Å². The quantitative estimate of drug-likeness (QED) is 0.859. The summed E-state index contributed by atoms with van der Waals surface area (Å²) in [5, 5.41) is 14.3. The Kier molecular flexibility index (Phi) is 3.10. The van der Waals surface area contributed by atoms with Crippen LogP contribution in [0, 0.1) is 6.92 Å². The number of nitrogens with one attached hydrogen (secondary N) is 1. The van der Waals surface area contributed by atoms with Gasteiger partial charge in [0.2, 0.25) is 0 Å². The summed E-state index contributed by atoms with van der Waals surface area (Å²) < 4.78 is 1.28.